The maximum absolute atomic E-state index is 13.0. The summed E-state index contributed by atoms with van der Waals surface area (Å²) in [7, 11) is -1.51. The van der Waals surface area contributed by atoms with Crippen LogP contribution in [0.25, 0.3) is 0 Å². The van der Waals surface area contributed by atoms with E-state index in [1.54, 1.807) is 22.5 Å². The molecule has 3 N–H and O–H groups in total. The molecule has 2 rings (SSSR count). The molecule has 0 aromatic heterocycles. The summed E-state index contributed by atoms with van der Waals surface area (Å²) in [5.41, 5.74) is 6.60. The lowest BCUT2D eigenvalue weighted by atomic mass is 10.2. The predicted octanol–water partition coefficient (Wildman–Crippen LogP) is 2.23. The molecule has 160 valence electrons. The molecular formula is C19H34IN5O2S. The Kier molecular flexibility index (Phi) is 11.3. The number of hydrogen-bond acceptors (Lipinski definition) is 4. The minimum atomic E-state index is -3.52. The lowest BCUT2D eigenvalue weighted by Crippen LogP contribution is -2.47. The molecule has 1 aromatic rings. The molecule has 1 aromatic carbocycles. The zero-order valence-electron chi connectivity index (χ0n) is 16.9. The van der Waals surface area contributed by atoms with Crippen LogP contribution in [-0.4, -0.2) is 63.4 Å². The molecule has 28 heavy (non-hydrogen) atoms. The molecule has 0 spiro atoms. The van der Waals surface area contributed by atoms with Gasteiger partial charge in [0.15, 0.2) is 5.96 Å². The Morgan fingerprint density at radius 1 is 1.14 bits per heavy atom. The third-order valence-electron chi connectivity index (χ3n) is 4.81. The molecule has 0 amide bonds. The van der Waals surface area contributed by atoms with E-state index in [4.69, 9.17) is 5.73 Å². The first-order chi connectivity index (χ1) is 12.9. The predicted molar refractivity (Wildman–Crippen MR) is 126 cm³/mol. The Bertz CT molecular complexity index is 719. The second-order valence-electron chi connectivity index (χ2n) is 7.00. The highest BCUT2D eigenvalue weighted by atomic mass is 127. The standard InChI is InChI=1S/C19H33N5O2S.HI/c1-3-4-5-8-11-21-19(20)22-16-17-9-6-7-10-18(17)27(25,26)24-14-12-23(2)13-15-24;/h6-7,9-10H,3-5,8,11-16H2,1-2H3,(H3,20,21,22);1H. The molecular weight excluding hydrogens is 489 g/mol. The summed E-state index contributed by atoms with van der Waals surface area (Å²) in [6.45, 7) is 5.73. The number of unbranched alkanes of at least 4 members (excludes halogenated alkanes) is 3. The van der Waals surface area contributed by atoms with Crippen LogP contribution in [0.5, 0.6) is 0 Å². The third kappa shape index (κ3) is 7.49. The Labute approximate surface area is 186 Å². The van der Waals surface area contributed by atoms with Crippen molar-refractivity contribution in [3.05, 3.63) is 29.8 Å². The van der Waals surface area contributed by atoms with Crippen LogP contribution in [0.2, 0.25) is 0 Å². The molecule has 0 saturated carbocycles. The van der Waals surface area contributed by atoms with Crippen molar-refractivity contribution in [3.63, 3.8) is 0 Å². The van der Waals surface area contributed by atoms with Crippen LogP contribution < -0.4 is 11.1 Å². The fourth-order valence-corrected chi connectivity index (χ4v) is 4.68. The monoisotopic (exact) mass is 523 g/mol. The Morgan fingerprint density at radius 3 is 2.50 bits per heavy atom. The summed E-state index contributed by atoms with van der Waals surface area (Å²) in [5, 5.41) is 3.10. The highest BCUT2D eigenvalue weighted by Crippen LogP contribution is 2.22. The number of benzene rings is 1. The fourth-order valence-electron chi connectivity index (χ4n) is 3.05. The van der Waals surface area contributed by atoms with E-state index in [0.29, 0.717) is 29.5 Å². The van der Waals surface area contributed by atoms with Gasteiger partial charge < -0.3 is 16.0 Å². The van der Waals surface area contributed by atoms with Gasteiger partial charge in [0.05, 0.1) is 11.4 Å². The summed E-state index contributed by atoms with van der Waals surface area (Å²) >= 11 is 0. The lowest BCUT2D eigenvalue weighted by Gasteiger charge is -2.32. The molecule has 1 aliphatic heterocycles. The van der Waals surface area contributed by atoms with Gasteiger partial charge in [-0.2, -0.15) is 4.31 Å². The van der Waals surface area contributed by atoms with Gasteiger partial charge in [0.2, 0.25) is 10.0 Å². The van der Waals surface area contributed by atoms with Gasteiger partial charge in [-0.25, -0.2) is 13.4 Å². The molecule has 0 radical (unpaired) electrons. The summed E-state index contributed by atoms with van der Waals surface area (Å²) < 4.78 is 27.6. The normalized spacial score (nSPS) is 16.6. The van der Waals surface area contributed by atoms with Crippen molar-refractivity contribution in [2.24, 2.45) is 10.7 Å². The van der Waals surface area contributed by atoms with Crippen LogP contribution >= 0.6 is 24.0 Å². The number of likely N-dealkylation sites (N-methyl/N-ethyl adjacent to an activating group) is 1. The quantitative estimate of drug-likeness (QED) is 0.224. The van der Waals surface area contributed by atoms with Crippen LogP contribution in [0.4, 0.5) is 0 Å². The van der Waals surface area contributed by atoms with Gasteiger partial charge in [-0.05, 0) is 25.1 Å². The van der Waals surface area contributed by atoms with Crippen LogP contribution in [0.3, 0.4) is 0 Å². The minimum absolute atomic E-state index is 0. The summed E-state index contributed by atoms with van der Waals surface area (Å²) in [6, 6.07) is 7.06. The highest BCUT2D eigenvalue weighted by Gasteiger charge is 2.29. The lowest BCUT2D eigenvalue weighted by molar-refractivity contribution is 0.222. The molecule has 0 bridgehead atoms. The summed E-state index contributed by atoms with van der Waals surface area (Å²) in [4.78, 5) is 6.80. The zero-order chi connectivity index (χ0) is 19.7. The van der Waals surface area contributed by atoms with E-state index >= 15 is 0 Å². The van der Waals surface area contributed by atoms with Crippen molar-refractivity contribution in [2.45, 2.75) is 44.0 Å². The van der Waals surface area contributed by atoms with Crippen molar-refractivity contribution >= 4 is 40.0 Å². The number of rotatable bonds is 9. The maximum atomic E-state index is 13.0. The molecule has 0 aliphatic carbocycles. The molecule has 1 heterocycles. The van der Waals surface area contributed by atoms with Gasteiger partial charge in [-0.3, -0.25) is 0 Å². The number of guanidine groups is 1. The largest absolute Gasteiger partial charge is 0.370 e. The smallest absolute Gasteiger partial charge is 0.243 e. The first-order valence-electron chi connectivity index (χ1n) is 9.75. The molecule has 0 unspecified atom stereocenters. The zero-order valence-corrected chi connectivity index (χ0v) is 20.1. The second kappa shape index (κ2) is 12.6. The van der Waals surface area contributed by atoms with E-state index in [9.17, 15) is 8.42 Å². The number of nitrogens with two attached hydrogens (primary N) is 1. The summed E-state index contributed by atoms with van der Waals surface area (Å²) in [5.74, 6) is 0.360. The third-order valence-corrected chi connectivity index (χ3v) is 6.81. The number of nitrogens with one attached hydrogen (secondary N) is 1. The van der Waals surface area contributed by atoms with Crippen LogP contribution in [0.1, 0.15) is 38.2 Å². The molecule has 1 aliphatic rings. The van der Waals surface area contributed by atoms with Gasteiger partial charge >= 0.3 is 0 Å². The van der Waals surface area contributed by atoms with Gasteiger partial charge in [0, 0.05) is 32.7 Å². The number of nitrogens with zero attached hydrogens (tertiary/aromatic N) is 3. The maximum Gasteiger partial charge on any atom is 0.243 e. The van der Waals surface area contributed by atoms with E-state index in [0.717, 1.165) is 26.1 Å². The minimum Gasteiger partial charge on any atom is -0.370 e. The Morgan fingerprint density at radius 2 is 1.82 bits per heavy atom. The summed E-state index contributed by atoms with van der Waals surface area (Å²) in [6.07, 6.45) is 4.64. The van der Waals surface area contributed by atoms with E-state index in [1.165, 1.54) is 19.3 Å². The van der Waals surface area contributed by atoms with Gasteiger partial charge in [-0.15, -0.1) is 24.0 Å². The molecule has 9 heteroatoms. The molecule has 1 saturated heterocycles. The van der Waals surface area contributed by atoms with E-state index in [1.807, 2.05) is 13.1 Å². The van der Waals surface area contributed by atoms with Gasteiger partial charge in [0.1, 0.15) is 0 Å². The number of sulfonamides is 1. The van der Waals surface area contributed by atoms with Crippen molar-refractivity contribution in [1.29, 1.82) is 0 Å². The molecule has 0 atom stereocenters. The van der Waals surface area contributed by atoms with Gasteiger partial charge in [-0.1, -0.05) is 44.4 Å². The van der Waals surface area contributed by atoms with Crippen LogP contribution in [0.15, 0.2) is 34.2 Å². The second-order valence-corrected chi connectivity index (χ2v) is 8.91. The van der Waals surface area contributed by atoms with Crippen molar-refractivity contribution < 1.29 is 8.42 Å². The van der Waals surface area contributed by atoms with Crippen LogP contribution in [0, 0.1) is 0 Å². The number of aliphatic imine (C=N–C) groups is 1. The Hall–Kier alpha value is -0.910. The first kappa shape index (κ1) is 25.1. The van der Waals surface area contributed by atoms with E-state index in [2.05, 4.69) is 22.1 Å². The van der Waals surface area contributed by atoms with Crippen LogP contribution in [-0.2, 0) is 16.6 Å². The van der Waals surface area contributed by atoms with E-state index < -0.39 is 10.0 Å². The topological polar surface area (TPSA) is 91.0 Å². The van der Waals surface area contributed by atoms with Crippen molar-refractivity contribution in [1.82, 2.24) is 14.5 Å². The molecule has 1 fully saturated rings. The SMILES string of the molecule is CCCCCCNC(N)=NCc1ccccc1S(=O)(=O)N1CCN(C)CC1.I. The number of hydrogen-bond donors (Lipinski definition) is 2. The molecule has 7 nitrogen and oxygen atoms in total. The Balaban J connectivity index is 0.00000392. The highest BCUT2D eigenvalue weighted by molar-refractivity contribution is 14.0. The first-order valence-corrected chi connectivity index (χ1v) is 11.2. The van der Waals surface area contributed by atoms with Gasteiger partial charge in [0.25, 0.3) is 0 Å². The average molecular weight is 523 g/mol. The van der Waals surface area contributed by atoms with E-state index in [-0.39, 0.29) is 30.5 Å². The van der Waals surface area contributed by atoms with Crippen molar-refractivity contribution in [2.75, 3.05) is 39.8 Å². The number of halogens is 1. The van der Waals surface area contributed by atoms with Crippen molar-refractivity contribution in [3.8, 4) is 0 Å². The average Bonchev–Trinajstić information content (AvgIpc) is 2.67. The number of piperazine rings is 1. The fraction of sp³-hybridized carbons (Fsp3) is 0.632.